The minimum Gasteiger partial charge on any atom is -0.295 e. The van der Waals surface area contributed by atoms with Gasteiger partial charge in [-0.05, 0) is 49.1 Å². The van der Waals surface area contributed by atoms with Gasteiger partial charge in [0, 0.05) is 44.1 Å². The Morgan fingerprint density at radius 2 is 2.27 bits per heavy atom. The molecule has 0 amide bonds. The maximum atomic E-state index is 12.2. The van der Waals surface area contributed by atoms with Crippen molar-refractivity contribution in [3.63, 3.8) is 0 Å². The Morgan fingerprint density at radius 3 is 3.00 bits per heavy atom. The van der Waals surface area contributed by atoms with Crippen LogP contribution in [0.3, 0.4) is 0 Å². The van der Waals surface area contributed by atoms with Crippen LogP contribution in [0.25, 0.3) is 0 Å². The predicted molar refractivity (Wildman–Crippen MR) is 90.2 cm³/mol. The van der Waals surface area contributed by atoms with Crippen molar-refractivity contribution in [2.45, 2.75) is 38.8 Å². The fourth-order valence-electron chi connectivity index (χ4n) is 2.87. The average molecular weight is 344 g/mol. The second-order valence-electron chi connectivity index (χ2n) is 6.52. The number of hydrogen-bond acceptors (Lipinski definition) is 4. The molecule has 124 valence electrons. The van der Waals surface area contributed by atoms with Crippen molar-refractivity contribution in [1.82, 2.24) is 13.9 Å². The van der Waals surface area contributed by atoms with Crippen LogP contribution in [-0.2, 0) is 23.2 Å². The van der Waals surface area contributed by atoms with Gasteiger partial charge in [-0.2, -0.15) is 12.7 Å². The Labute approximate surface area is 137 Å². The molecular formula is C15H25N3O2S2. The normalized spacial score (nSPS) is 21.0. The van der Waals surface area contributed by atoms with Gasteiger partial charge in [-0.25, -0.2) is 4.72 Å². The molecule has 1 unspecified atom stereocenters. The van der Waals surface area contributed by atoms with E-state index in [9.17, 15) is 8.42 Å². The zero-order chi connectivity index (χ0) is 15.7. The first-order valence-corrected chi connectivity index (χ1v) is 10.3. The Kier molecular flexibility index (Phi) is 4.89. The topological polar surface area (TPSA) is 52.7 Å². The summed E-state index contributed by atoms with van der Waals surface area (Å²) in [6.07, 6.45) is 3.39. The molecule has 1 aromatic heterocycles. The first-order valence-electron chi connectivity index (χ1n) is 7.96. The summed E-state index contributed by atoms with van der Waals surface area (Å²) in [5.74, 6) is 0.568. The number of nitrogens with one attached hydrogen (secondary N) is 1. The summed E-state index contributed by atoms with van der Waals surface area (Å²) >= 11 is 1.83. The van der Waals surface area contributed by atoms with E-state index in [0.717, 1.165) is 32.4 Å². The lowest BCUT2D eigenvalue weighted by Crippen LogP contribution is -2.47. The largest absolute Gasteiger partial charge is 0.295 e. The molecule has 7 heteroatoms. The van der Waals surface area contributed by atoms with Crippen LogP contribution in [0.1, 0.15) is 30.2 Å². The lowest BCUT2D eigenvalue weighted by atomic mass is 10.1. The SMILES string of the molecule is CC(CNS(=O)(=O)N(C)CC1CC1)N1CCc2sccc2C1. The standard InChI is InChI=1S/C15H25N3O2S2/c1-12(18-7-5-15-14(11-18)6-8-21-15)9-16-22(19,20)17(2)10-13-3-4-13/h6,8,12-13,16H,3-5,7,9-11H2,1-2H3. The van der Waals surface area contributed by atoms with Gasteiger partial charge in [0.25, 0.3) is 10.2 Å². The van der Waals surface area contributed by atoms with E-state index in [4.69, 9.17) is 0 Å². The van der Waals surface area contributed by atoms with Gasteiger partial charge in [-0.3, -0.25) is 4.90 Å². The molecule has 2 aliphatic rings. The van der Waals surface area contributed by atoms with Crippen molar-refractivity contribution in [3.05, 3.63) is 21.9 Å². The molecule has 3 rings (SSSR count). The second-order valence-corrected chi connectivity index (χ2v) is 9.38. The van der Waals surface area contributed by atoms with Gasteiger partial charge in [0.2, 0.25) is 0 Å². The minimum atomic E-state index is -3.34. The molecule has 0 aromatic carbocycles. The van der Waals surface area contributed by atoms with Crippen molar-refractivity contribution in [2.75, 3.05) is 26.7 Å². The molecule has 1 aliphatic heterocycles. The van der Waals surface area contributed by atoms with E-state index in [1.54, 1.807) is 7.05 Å². The highest BCUT2D eigenvalue weighted by Crippen LogP contribution is 2.29. The molecule has 1 fully saturated rings. The number of thiophene rings is 1. The highest BCUT2D eigenvalue weighted by atomic mass is 32.2. The molecule has 0 spiro atoms. The zero-order valence-electron chi connectivity index (χ0n) is 13.3. The maximum Gasteiger partial charge on any atom is 0.279 e. The molecular weight excluding hydrogens is 318 g/mol. The van der Waals surface area contributed by atoms with Gasteiger partial charge in [-0.15, -0.1) is 11.3 Å². The lowest BCUT2D eigenvalue weighted by Gasteiger charge is -2.32. The molecule has 1 aromatic rings. The highest BCUT2D eigenvalue weighted by molar-refractivity contribution is 7.87. The summed E-state index contributed by atoms with van der Waals surface area (Å²) in [5.41, 5.74) is 1.40. The van der Waals surface area contributed by atoms with Crippen molar-refractivity contribution >= 4 is 21.5 Å². The molecule has 1 N–H and O–H groups in total. The first-order chi connectivity index (χ1) is 10.5. The van der Waals surface area contributed by atoms with E-state index in [1.165, 1.54) is 14.7 Å². The fraction of sp³-hybridized carbons (Fsp3) is 0.733. The summed E-state index contributed by atoms with van der Waals surface area (Å²) in [6.45, 7) is 5.15. The van der Waals surface area contributed by atoms with Crippen molar-refractivity contribution in [2.24, 2.45) is 5.92 Å². The summed E-state index contributed by atoms with van der Waals surface area (Å²) in [4.78, 5) is 3.84. The van der Waals surface area contributed by atoms with Gasteiger partial charge in [0.05, 0.1) is 0 Å². The van der Waals surface area contributed by atoms with Crippen LogP contribution >= 0.6 is 11.3 Å². The number of fused-ring (bicyclic) bond motifs is 1. The van der Waals surface area contributed by atoms with Crippen LogP contribution < -0.4 is 4.72 Å². The van der Waals surface area contributed by atoms with Crippen LogP contribution in [0.4, 0.5) is 0 Å². The van der Waals surface area contributed by atoms with Crippen molar-refractivity contribution in [1.29, 1.82) is 0 Å². The van der Waals surface area contributed by atoms with Crippen LogP contribution in [0, 0.1) is 5.92 Å². The van der Waals surface area contributed by atoms with E-state index < -0.39 is 10.2 Å². The second kappa shape index (κ2) is 6.57. The molecule has 0 bridgehead atoms. The Morgan fingerprint density at radius 1 is 1.50 bits per heavy atom. The number of rotatable bonds is 7. The summed E-state index contributed by atoms with van der Waals surface area (Å²) in [6, 6.07) is 2.39. The lowest BCUT2D eigenvalue weighted by molar-refractivity contribution is 0.193. The minimum absolute atomic E-state index is 0.206. The van der Waals surface area contributed by atoms with Gasteiger partial charge in [-0.1, -0.05) is 0 Å². The molecule has 0 radical (unpaired) electrons. The van der Waals surface area contributed by atoms with E-state index in [1.807, 2.05) is 11.3 Å². The predicted octanol–water partition coefficient (Wildman–Crippen LogP) is 1.67. The molecule has 1 aliphatic carbocycles. The quantitative estimate of drug-likeness (QED) is 0.819. The third-order valence-corrected chi connectivity index (χ3v) is 7.17. The van der Waals surface area contributed by atoms with Crippen molar-refractivity contribution < 1.29 is 8.42 Å². The van der Waals surface area contributed by atoms with Gasteiger partial charge in [0.15, 0.2) is 0 Å². The fourth-order valence-corrected chi connectivity index (χ4v) is 4.84. The van der Waals surface area contributed by atoms with E-state index >= 15 is 0 Å². The van der Waals surface area contributed by atoms with Crippen LogP contribution in [-0.4, -0.2) is 50.3 Å². The summed E-state index contributed by atoms with van der Waals surface area (Å²) in [5, 5.41) is 2.15. The van der Waals surface area contributed by atoms with Gasteiger partial charge >= 0.3 is 0 Å². The molecule has 2 heterocycles. The molecule has 1 atom stereocenters. The molecule has 1 saturated carbocycles. The monoisotopic (exact) mass is 343 g/mol. The molecule has 22 heavy (non-hydrogen) atoms. The third kappa shape index (κ3) is 3.89. The Bertz CT molecular complexity index is 610. The van der Waals surface area contributed by atoms with E-state index in [0.29, 0.717) is 19.0 Å². The van der Waals surface area contributed by atoms with Crippen LogP contribution in [0.5, 0.6) is 0 Å². The van der Waals surface area contributed by atoms with Gasteiger partial charge in [0.1, 0.15) is 0 Å². The Balaban J connectivity index is 1.50. The smallest absolute Gasteiger partial charge is 0.279 e. The number of hydrogen-bond donors (Lipinski definition) is 1. The first kappa shape index (κ1) is 16.4. The third-order valence-electron chi connectivity index (χ3n) is 4.64. The summed E-state index contributed by atoms with van der Waals surface area (Å²) < 4.78 is 28.7. The molecule has 0 saturated heterocycles. The maximum absolute atomic E-state index is 12.2. The van der Waals surface area contributed by atoms with Gasteiger partial charge < -0.3 is 0 Å². The van der Waals surface area contributed by atoms with Crippen LogP contribution in [0.2, 0.25) is 0 Å². The summed E-state index contributed by atoms with van der Waals surface area (Å²) in [7, 11) is -1.67. The average Bonchev–Trinajstić information content (AvgIpc) is 3.18. The Hall–Kier alpha value is -0.470. The zero-order valence-corrected chi connectivity index (χ0v) is 14.9. The molecule has 5 nitrogen and oxygen atoms in total. The van der Waals surface area contributed by atoms with Crippen molar-refractivity contribution in [3.8, 4) is 0 Å². The van der Waals surface area contributed by atoms with E-state index in [2.05, 4.69) is 28.0 Å². The van der Waals surface area contributed by atoms with E-state index in [-0.39, 0.29) is 6.04 Å². The highest BCUT2D eigenvalue weighted by Gasteiger charge is 2.29. The van der Waals surface area contributed by atoms with Crippen LogP contribution in [0.15, 0.2) is 11.4 Å². The number of nitrogens with zero attached hydrogens (tertiary/aromatic N) is 2.